The molecule has 8 aromatic rings. The third-order valence-electron chi connectivity index (χ3n) is 7.71. The highest BCUT2D eigenvalue weighted by atomic mass is 15.0. The van der Waals surface area contributed by atoms with Crippen molar-refractivity contribution >= 4 is 21.7 Å². The minimum Gasteiger partial charge on any atom is -0.265 e. The highest BCUT2D eigenvalue weighted by Gasteiger charge is 2.15. The molecule has 0 saturated heterocycles. The molecule has 4 heterocycles. The van der Waals surface area contributed by atoms with Crippen LogP contribution in [0, 0.1) is 0 Å². The second-order valence-electron chi connectivity index (χ2n) is 10.5. The molecule has 0 bridgehead atoms. The fraction of sp³-hybridized carbons (Fsp3) is 0. The largest absolute Gasteiger partial charge is 0.265 e. The maximum absolute atomic E-state index is 5.18. The van der Waals surface area contributed by atoms with Crippen molar-refractivity contribution in [1.29, 1.82) is 0 Å². The summed E-state index contributed by atoms with van der Waals surface area (Å²) in [5.41, 5.74) is 7.71. The number of fused-ring (bicyclic) bond motifs is 3. The second kappa shape index (κ2) is 10.9. The van der Waals surface area contributed by atoms with E-state index >= 15 is 0 Å². The average Bonchev–Trinajstić information content (AvgIpc) is 3.12. The van der Waals surface area contributed by atoms with Gasteiger partial charge in [-0.1, -0.05) is 78.9 Å². The van der Waals surface area contributed by atoms with E-state index in [1.54, 1.807) is 24.8 Å². The third-order valence-corrected chi connectivity index (χ3v) is 7.71. The molecule has 0 aliphatic heterocycles. The lowest BCUT2D eigenvalue weighted by atomic mass is 9.94. The molecule has 0 saturated carbocycles. The highest BCUT2D eigenvalue weighted by molar-refractivity contribution is 6.13. The monoisotopic (exact) mass is 564 g/mol. The third kappa shape index (κ3) is 4.74. The summed E-state index contributed by atoms with van der Waals surface area (Å²) in [6.07, 6.45) is 6.96. The lowest BCUT2D eigenvalue weighted by Crippen LogP contribution is -2.00. The number of pyridine rings is 3. The fourth-order valence-electron chi connectivity index (χ4n) is 5.58. The normalized spacial score (nSPS) is 11.2. The number of nitrogens with zero attached hydrogens (tertiary/aromatic N) is 6. The van der Waals surface area contributed by atoms with Gasteiger partial charge in [-0.15, -0.1) is 0 Å². The molecule has 0 aliphatic carbocycles. The van der Waals surface area contributed by atoms with E-state index in [1.807, 2.05) is 42.5 Å². The van der Waals surface area contributed by atoms with Gasteiger partial charge in [0.1, 0.15) is 0 Å². The van der Waals surface area contributed by atoms with E-state index < -0.39 is 0 Å². The Bertz CT molecular complexity index is 2210. The van der Waals surface area contributed by atoms with Crippen LogP contribution in [0.15, 0.2) is 146 Å². The quantitative estimate of drug-likeness (QED) is 0.195. The fourth-order valence-corrected chi connectivity index (χ4v) is 5.58. The SMILES string of the molecule is c1ccc(-c2cc(-c3cccc(-c4nc(-c5ccncc5)nc(-c5ccncc5)n4)c3)nc3ccc4ccccc4c23)cc1. The summed E-state index contributed by atoms with van der Waals surface area (Å²) in [6, 6.07) is 41.3. The summed E-state index contributed by atoms with van der Waals surface area (Å²) >= 11 is 0. The van der Waals surface area contributed by atoms with Crippen LogP contribution in [0.5, 0.6) is 0 Å². The van der Waals surface area contributed by atoms with Crippen molar-refractivity contribution in [3.8, 4) is 56.5 Å². The standard InChI is InChI=1S/C38H24N6/c1-2-7-25(8-3-1)32-24-34(41-33-14-13-26-9-4-5-12-31(26)35(32)33)29-10-6-11-30(23-29)38-43-36(27-15-19-39-20-16-27)42-37(44-38)28-17-21-40-22-18-28/h1-24H. The zero-order chi connectivity index (χ0) is 29.3. The zero-order valence-electron chi connectivity index (χ0n) is 23.5. The number of aromatic nitrogens is 6. The van der Waals surface area contributed by atoms with Gasteiger partial charge in [0.05, 0.1) is 11.2 Å². The molecule has 0 unspecified atom stereocenters. The Hall–Kier alpha value is -6.14. The molecule has 4 aromatic heterocycles. The van der Waals surface area contributed by atoms with Crippen molar-refractivity contribution in [2.24, 2.45) is 0 Å². The summed E-state index contributed by atoms with van der Waals surface area (Å²) < 4.78 is 0. The van der Waals surface area contributed by atoms with E-state index in [0.29, 0.717) is 17.5 Å². The van der Waals surface area contributed by atoms with Crippen LogP contribution in [0.2, 0.25) is 0 Å². The Morgan fingerprint density at radius 3 is 1.68 bits per heavy atom. The molecule has 0 radical (unpaired) electrons. The zero-order valence-corrected chi connectivity index (χ0v) is 23.5. The van der Waals surface area contributed by atoms with Gasteiger partial charge < -0.3 is 0 Å². The molecule has 8 rings (SSSR count). The first-order valence-electron chi connectivity index (χ1n) is 14.4. The maximum atomic E-state index is 5.18. The van der Waals surface area contributed by atoms with Gasteiger partial charge in [0.15, 0.2) is 17.5 Å². The summed E-state index contributed by atoms with van der Waals surface area (Å²) in [5, 5.41) is 3.53. The van der Waals surface area contributed by atoms with Crippen LogP contribution >= 0.6 is 0 Å². The molecule has 0 atom stereocenters. The van der Waals surface area contributed by atoms with Crippen LogP contribution in [0.1, 0.15) is 0 Å². The lowest BCUT2D eigenvalue weighted by molar-refractivity contribution is 1.07. The maximum Gasteiger partial charge on any atom is 0.164 e. The molecule has 6 heteroatoms. The van der Waals surface area contributed by atoms with Gasteiger partial charge >= 0.3 is 0 Å². The van der Waals surface area contributed by atoms with E-state index in [9.17, 15) is 0 Å². The molecule has 44 heavy (non-hydrogen) atoms. The second-order valence-corrected chi connectivity index (χ2v) is 10.5. The summed E-state index contributed by atoms with van der Waals surface area (Å²) in [5.74, 6) is 1.74. The smallest absolute Gasteiger partial charge is 0.164 e. The van der Waals surface area contributed by atoms with Crippen molar-refractivity contribution in [2.75, 3.05) is 0 Å². The van der Waals surface area contributed by atoms with E-state index in [-0.39, 0.29) is 0 Å². The summed E-state index contributed by atoms with van der Waals surface area (Å²) in [6.45, 7) is 0. The van der Waals surface area contributed by atoms with Crippen LogP contribution in [-0.2, 0) is 0 Å². The van der Waals surface area contributed by atoms with Gasteiger partial charge in [-0.25, -0.2) is 19.9 Å². The van der Waals surface area contributed by atoms with Crippen LogP contribution in [0.3, 0.4) is 0 Å². The topological polar surface area (TPSA) is 77.3 Å². The molecule has 0 spiro atoms. The van der Waals surface area contributed by atoms with Crippen molar-refractivity contribution in [1.82, 2.24) is 29.9 Å². The Morgan fingerprint density at radius 2 is 0.977 bits per heavy atom. The van der Waals surface area contributed by atoms with Gasteiger partial charge in [-0.3, -0.25) is 9.97 Å². The first-order chi connectivity index (χ1) is 21.8. The van der Waals surface area contributed by atoms with Crippen LogP contribution in [-0.4, -0.2) is 29.9 Å². The number of rotatable bonds is 5. The van der Waals surface area contributed by atoms with Gasteiger partial charge in [-0.2, -0.15) is 0 Å². The van der Waals surface area contributed by atoms with Crippen LogP contribution < -0.4 is 0 Å². The molecule has 0 N–H and O–H groups in total. The molecule has 0 fully saturated rings. The summed E-state index contributed by atoms with van der Waals surface area (Å²) in [7, 11) is 0. The Morgan fingerprint density at radius 1 is 0.386 bits per heavy atom. The Labute approximate surface area is 253 Å². The number of hydrogen-bond donors (Lipinski definition) is 0. The van der Waals surface area contributed by atoms with E-state index in [0.717, 1.165) is 50.0 Å². The van der Waals surface area contributed by atoms with Crippen molar-refractivity contribution < 1.29 is 0 Å². The van der Waals surface area contributed by atoms with E-state index in [1.165, 1.54) is 10.8 Å². The molecule has 0 amide bonds. The van der Waals surface area contributed by atoms with Crippen molar-refractivity contribution in [3.05, 3.63) is 146 Å². The molecule has 206 valence electrons. The Kier molecular flexibility index (Phi) is 6.35. The molecular weight excluding hydrogens is 540 g/mol. The van der Waals surface area contributed by atoms with Crippen molar-refractivity contribution in [2.45, 2.75) is 0 Å². The molecular formula is C38H24N6. The lowest BCUT2D eigenvalue weighted by Gasteiger charge is -2.14. The molecule has 0 aliphatic rings. The molecule has 6 nitrogen and oxygen atoms in total. The van der Waals surface area contributed by atoms with Crippen LogP contribution in [0.4, 0.5) is 0 Å². The van der Waals surface area contributed by atoms with Gasteiger partial charge in [-0.05, 0) is 64.4 Å². The van der Waals surface area contributed by atoms with Crippen LogP contribution in [0.25, 0.3) is 78.2 Å². The highest BCUT2D eigenvalue weighted by Crippen LogP contribution is 2.37. The first-order valence-corrected chi connectivity index (χ1v) is 14.4. The summed E-state index contributed by atoms with van der Waals surface area (Å²) in [4.78, 5) is 28.1. The van der Waals surface area contributed by atoms with E-state index in [2.05, 4.69) is 88.8 Å². The Balaban J connectivity index is 1.31. The van der Waals surface area contributed by atoms with E-state index in [4.69, 9.17) is 19.9 Å². The predicted octanol–water partition coefficient (Wildman–Crippen LogP) is 8.70. The molecule has 4 aromatic carbocycles. The van der Waals surface area contributed by atoms with Gasteiger partial charge in [0, 0.05) is 52.4 Å². The van der Waals surface area contributed by atoms with Gasteiger partial charge in [0.2, 0.25) is 0 Å². The number of benzene rings is 4. The number of hydrogen-bond acceptors (Lipinski definition) is 6. The first kappa shape index (κ1) is 25.6. The minimum atomic E-state index is 0.579. The van der Waals surface area contributed by atoms with Gasteiger partial charge in [0.25, 0.3) is 0 Å². The minimum absolute atomic E-state index is 0.579. The average molecular weight is 565 g/mol. The predicted molar refractivity (Wildman–Crippen MR) is 175 cm³/mol. The van der Waals surface area contributed by atoms with Crippen molar-refractivity contribution in [3.63, 3.8) is 0 Å².